The van der Waals surface area contributed by atoms with Crippen molar-refractivity contribution >= 4 is 17.8 Å². The highest BCUT2D eigenvalue weighted by Gasteiger charge is 2.54. The van der Waals surface area contributed by atoms with Gasteiger partial charge >= 0.3 is 11.9 Å². The molecular weight excluding hydrogens is 266 g/mol. The maximum Gasteiger partial charge on any atom is 0.337 e. The Morgan fingerprint density at radius 1 is 1.30 bits per heavy atom. The predicted molar refractivity (Wildman–Crippen MR) is 66.5 cm³/mol. The molecule has 2 atom stereocenters. The summed E-state index contributed by atoms with van der Waals surface area (Å²) in [7, 11) is 2.44. The maximum absolute atomic E-state index is 12.0. The number of rotatable bonds is 4. The van der Waals surface area contributed by atoms with Crippen LogP contribution >= 0.6 is 0 Å². The molecule has 0 saturated heterocycles. The maximum atomic E-state index is 12.0. The fourth-order valence-corrected chi connectivity index (χ4v) is 2.37. The van der Waals surface area contributed by atoms with Crippen molar-refractivity contribution in [2.75, 3.05) is 20.8 Å². The minimum absolute atomic E-state index is 0.0419. The molecule has 1 N–H and O–H groups in total. The van der Waals surface area contributed by atoms with Gasteiger partial charge < -0.3 is 19.5 Å². The quantitative estimate of drug-likeness (QED) is 0.550. The van der Waals surface area contributed by atoms with Crippen LogP contribution in [0.25, 0.3) is 0 Å². The summed E-state index contributed by atoms with van der Waals surface area (Å²) in [6, 6.07) is 0. The second-order valence-corrected chi connectivity index (χ2v) is 4.47. The SMILES string of the molecule is COC(=O)C1=C(C(=O)OC)[C@@]2(CNC(C)=O)C=C[C@@H]1O2. The standard InChI is InChI=1S/C13H15NO6/c1-7(15)14-6-13-5-4-8(20-13)9(11(16)18-2)10(13)12(17)19-3/h4-5,8H,6H2,1-3H3,(H,14,15)/t8-,13-/m0/s1. The van der Waals surface area contributed by atoms with Crippen molar-refractivity contribution in [3.05, 3.63) is 23.3 Å². The number of carbonyl (C=O) groups is 3. The molecule has 2 aliphatic rings. The van der Waals surface area contributed by atoms with E-state index in [2.05, 4.69) is 10.1 Å². The van der Waals surface area contributed by atoms with Crippen LogP contribution in [0.4, 0.5) is 0 Å². The van der Waals surface area contributed by atoms with Crippen LogP contribution in [-0.4, -0.2) is 50.3 Å². The summed E-state index contributed by atoms with van der Waals surface area (Å²) >= 11 is 0. The molecule has 20 heavy (non-hydrogen) atoms. The van der Waals surface area contributed by atoms with Crippen molar-refractivity contribution in [3.63, 3.8) is 0 Å². The van der Waals surface area contributed by atoms with Crippen molar-refractivity contribution < 1.29 is 28.6 Å². The van der Waals surface area contributed by atoms with Crippen molar-refractivity contribution in [1.82, 2.24) is 5.32 Å². The Morgan fingerprint density at radius 2 is 1.95 bits per heavy atom. The average molecular weight is 281 g/mol. The van der Waals surface area contributed by atoms with Crippen LogP contribution in [-0.2, 0) is 28.6 Å². The number of ether oxygens (including phenoxy) is 3. The van der Waals surface area contributed by atoms with Gasteiger partial charge in [-0.15, -0.1) is 0 Å². The van der Waals surface area contributed by atoms with E-state index in [0.29, 0.717) is 0 Å². The van der Waals surface area contributed by atoms with Crippen molar-refractivity contribution in [1.29, 1.82) is 0 Å². The molecule has 2 aliphatic heterocycles. The van der Waals surface area contributed by atoms with Crippen LogP contribution in [0.3, 0.4) is 0 Å². The summed E-state index contributed by atoms with van der Waals surface area (Å²) in [6.07, 6.45) is 2.64. The lowest BCUT2D eigenvalue weighted by atomic mass is 9.86. The second kappa shape index (κ2) is 5.09. The molecule has 0 unspecified atom stereocenters. The fourth-order valence-electron chi connectivity index (χ4n) is 2.37. The van der Waals surface area contributed by atoms with Gasteiger partial charge in [0.05, 0.1) is 31.9 Å². The number of hydrogen-bond donors (Lipinski definition) is 1. The highest BCUT2D eigenvalue weighted by Crippen LogP contribution is 2.43. The molecule has 2 heterocycles. The molecule has 7 nitrogen and oxygen atoms in total. The zero-order valence-corrected chi connectivity index (χ0v) is 11.4. The number of amides is 1. The molecule has 0 saturated carbocycles. The zero-order valence-electron chi connectivity index (χ0n) is 11.4. The van der Waals surface area contributed by atoms with Crippen LogP contribution in [0, 0.1) is 0 Å². The van der Waals surface area contributed by atoms with E-state index in [1.807, 2.05) is 0 Å². The molecular formula is C13H15NO6. The second-order valence-electron chi connectivity index (χ2n) is 4.47. The number of hydrogen-bond acceptors (Lipinski definition) is 6. The van der Waals surface area contributed by atoms with Gasteiger partial charge in [-0.05, 0) is 6.08 Å². The van der Waals surface area contributed by atoms with Crippen LogP contribution in [0.15, 0.2) is 23.3 Å². The largest absolute Gasteiger partial charge is 0.466 e. The molecule has 2 bridgehead atoms. The van der Waals surface area contributed by atoms with Gasteiger partial charge in [0.2, 0.25) is 5.91 Å². The molecule has 0 spiro atoms. The summed E-state index contributed by atoms with van der Waals surface area (Å²) in [5.41, 5.74) is -0.979. The van der Waals surface area contributed by atoms with E-state index in [9.17, 15) is 14.4 Å². The average Bonchev–Trinajstić information content (AvgIpc) is 2.99. The van der Waals surface area contributed by atoms with Crippen LogP contribution in [0.1, 0.15) is 6.92 Å². The lowest BCUT2D eigenvalue weighted by molar-refractivity contribution is -0.139. The number of nitrogens with one attached hydrogen (secondary N) is 1. The minimum Gasteiger partial charge on any atom is -0.466 e. The first-order chi connectivity index (χ1) is 9.45. The van der Waals surface area contributed by atoms with E-state index in [0.717, 1.165) is 0 Å². The van der Waals surface area contributed by atoms with Gasteiger partial charge in [-0.3, -0.25) is 4.79 Å². The molecule has 0 radical (unpaired) electrons. The number of carbonyl (C=O) groups excluding carboxylic acids is 3. The van der Waals surface area contributed by atoms with Gasteiger partial charge in [0.15, 0.2) is 0 Å². The van der Waals surface area contributed by atoms with Crippen molar-refractivity contribution in [2.24, 2.45) is 0 Å². The van der Waals surface area contributed by atoms with Gasteiger partial charge in [0, 0.05) is 6.92 Å². The first-order valence-electron chi connectivity index (χ1n) is 5.98. The zero-order chi connectivity index (χ0) is 14.9. The fraction of sp³-hybridized carbons (Fsp3) is 0.462. The number of esters is 2. The summed E-state index contributed by atoms with van der Waals surface area (Å²) < 4.78 is 15.1. The van der Waals surface area contributed by atoms with Crippen LogP contribution in [0.2, 0.25) is 0 Å². The Balaban J connectivity index is 2.43. The Bertz CT molecular complexity index is 535. The normalized spacial score (nSPS) is 26.6. The summed E-state index contributed by atoms with van der Waals surface area (Å²) in [5, 5.41) is 2.58. The Morgan fingerprint density at radius 3 is 2.50 bits per heavy atom. The lowest BCUT2D eigenvalue weighted by Gasteiger charge is -2.25. The van der Waals surface area contributed by atoms with E-state index in [-0.39, 0.29) is 23.6 Å². The van der Waals surface area contributed by atoms with E-state index < -0.39 is 23.6 Å². The molecule has 2 rings (SSSR count). The molecule has 0 fully saturated rings. The molecule has 0 aromatic heterocycles. The van der Waals surface area contributed by atoms with Crippen LogP contribution < -0.4 is 5.32 Å². The molecule has 108 valence electrons. The van der Waals surface area contributed by atoms with E-state index in [1.54, 1.807) is 12.2 Å². The molecule has 0 aliphatic carbocycles. The molecule has 0 aromatic carbocycles. The Labute approximate surface area is 115 Å². The van der Waals surface area contributed by atoms with Gasteiger partial charge in [-0.1, -0.05) is 6.08 Å². The van der Waals surface area contributed by atoms with Gasteiger partial charge in [-0.2, -0.15) is 0 Å². The topological polar surface area (TPSA) is 90.9 Å². The van der Waals surface area contributed by atoms with E-state index in [1.165, 1.54) is 21.1 Å². The monoisotopic (exact) mass is 281 g/mol. The molecule has 7 heteroatoms. The van der Waals surface area contributed by atoms with E-state index >= 15 is 0 Å². The summed E-state index contributed by atoms with van der Waals surface area (Å²) in [4.78, 5) is 34.9. The smallest absolute Gasteiger partial charge is 0.337 e. The summed E-state index contributed by atoms with van der Waals surface area (Å²) in [6.45, 7) is 1.39. The van der Waals surface area contributed by atoms with Gasteiger partial charge in [-0.25, -0.2) is 9.59 Å². The van der Waals surface area contributed by atoms with E-state index in [4.69, 9.17) is 9.47 Å². The first-order valence-corrected chi connectivity index (χ1v) is 5.98. The van der Waals surface area contributed by atoms with Gasteiger partial charge in [0.1, 0.15) is 11.7 Å². The summed E-state index contributed by atoms with van der Waals surface area (Å²) in [5.74, 6) is -1.59. The number of fused-ring (bicyclic) bond motifs is 2. The predicted octanol–water partition coefficient (Wildman–Crippen LogP) is -0.527. The third kappa shape index (κ3) is 2.09. The molecule has 0 aromatic rings. The lowest BCUT2D eigenvalue weighted by Crippen LogP contribution is -2.43. The Hall–Kier alpha value is -2.15. The minimum atomic E-state index is -1.17. The van der Waals surface area contributed by atoms with Crippen molar-refractivity contribution in [3.8, 4) is 0 Å². The van der Waals surface area contributed by atoms with Crippen molar-refractivity contribution in [2.45, 2.75) is 18.6 Å². The third-order valence-electron chi connectivity index (χ3n) is 3.25. The number of methoxy groups -OCH3 is 2. The van der Waals surface area contributed by atoms with Gasteiger partial charge in [0.25, 0.3) is 0 Å². The first kappa shape index (κ1) is 14.3. The van der Waals surface area contributed by atoms with Crippen LogP contribution in [0.5, 0.6) is 0 Å². The third-order valence-corrected chi connectivity index (χ3v) is 3.25. The Kier molecular flexibility index (Phi) is 3.63. The highest BCUT2D eigenvalue weighted by atomic mass is 16.6. The molecule has 1 amide bonds. The highest BCUT2D eigenvalue weighted by molar-refractivity contribution is 6.05.